The fourth-order valence-corrected chi connectivity index (χ4v) is 2.34. The molecule has 25 heavy (non-hydrogen) atoms. The number of aryl methyl sites for hydroxylation is 3. The molecule has 0 radical (unpaired) electrons. The maximum atomic E-state index is 12.0. The second-order valence-electron chi connectivity index (χ2n) is 5.87. The van der Waals surface area contributed by atoms with Crippen molar-refractivity contribution in [2.24, 2.45) is 0 Å². The van der Waals surface area contributed by atoms with Crippen LogP contribution in [0.4, 0.5) is 5.82 Å². The summed E-state index contributed by atoms with van der Waals surface area (Å²) < 4.78 is 5.25. The third-order valence-corrected chi connectivity index (χ3v) is 3.48. The van der Waals surface area contributed by atoms with Crippen molar-refractivity contribution in [3.05, 3.63) is 51.5 Å². The largest absolute Gasteiger partial charge is 0.456 e. The Bertz CT molecular complexity index is 786. The van der Waals surface area contributed by atoms with Gasteiger partial charge >= 0.3 is 0 Å². The van der Waals surface area contributed by atoms with Crippen LogP contribution in [0.5, 0.6) is 0 Å². The molecule has 0 spiro atoms. The molecule has 7 nitrogen and oxygen atoms in total. The first-order valence-corrected chi connectivity index (χ1v) is 8.46. The molecule has 2 aromatic heterocycles. The zero-order valence-electron chi connectivity index (χ0n) is 14.9. The molecule has 0 saturated heterocycles. The van der Waals surface area contributed by atoms with Gasteiger partial charge in [0.1, 0.15) is 17.4 Å². The summed E-state index contributed by atoms with van der Waals surface area (Å²) in [7, 11) is 0. The lowest BCUT2D eigenvalue weighted by molar-refractivity contribution is 0.0923. The molecule has 2 aromatic rings. The maximum Gasteiger partial charge on any atom is 0.287 e. The van der Waals surface area contributed by atoms with Gasteiger partial charge in [-0.25, -0.2) is 9.97 Å². The van der Waals surface area contributed by atoms with Gasteiger partial charge in [-0.1, -0.05) is 13.3 Å². The van der Waals surface area contributed by atoms with Crippen molar-refractivity contribution in [2.45, 2.75) is 40.0 Å². The second-order valence-corrected chi connectivity index (χ2v) is 5.87. The van der Waals surface area contributed by atoms with E-state index < -0.39 is 5.91 Å². The number of nitrogens with one attached hydrogen (secondary N) is 2. The van der Waals surface area contributed by atoms with E-state index in [1.165, 1.54) is 12.1 Å². The molecule has 0 aliphatic rings. The van der Waals surface area contributed by atoms with Crippen LogP contribution < -0.4 is 16.1 Å². The zero-order chi connectivity index (χ0) is 18.2. The van der Waals surface area contributed by atoms with Gasteiger partial charge in [-0.15, -0.1) is 0 Å². The molecule has 0 bridgehead atoms. The number of carbonyl (C=O) groups excluding carboxylic acids is 1. The Labute approximate surface area is 146 Å². The van der Waals surface area contributed by atoms with Gasteiger partial charge in [0.2, 0.25) is 0 Å². The van der Waals surface area contributed by atoms with Crippen LogP contribution in [0, 0.1) is 13.8 Å². The van der Waals surface area contributed by atoms with E-state index in [2.05, 4.69) is 27.5 Å². The summed E-state index contributed by atoms with van der Waals surface area (Å²) >= 11 is 0. The molecule has 2 heterocycles. The number of unbranched alkanes of at least 4 members (excludes halogenated alkanes) is 1. The molecule has 134 valence electrons. The Morgan fingerprint density at radius 2 is 1.96 bits per heavy atom. The van der Waals surface area contributed by atoms with E-state index in [4.69, 9.17) is 4.42 Å². The summed E-state index contributed by atoms with van der Waals surface area (Å²) in [5.41, 5.74) is 0.664. The third-order valence-electron chi connectivity index (χ3n) is 3.48. The van der Waals surface area contributed by atoms with Crippen molar-refractivity contribution in [2.75, 3.05) is 18.4 Å². The van der Waals surface area contributed by atoms with Crippen LogP contribution in [0.3, 0.4) is 0 Å². The normalized spacial score (nSPS) is 10.5. The standard InChI is InChI=1S/C18H24N4O3/c1-4-5-6-16-21-12(2)9-17(22-16)19-7-8-20-18(24)15-11-14(23)10-13(3)25-15/h9-11H,4-8H2,1-3H3,(H,20,24)(H,19,21,22). The van der Waals surface area contributed by atoms with Crippen LogP contribution in [0.1, 0.15) is 47.6 Å². The third kappa shape index (κ3) is 6.02. The SMILES string of the molecule is CCCCc1nc(C)cc(NCCNC(=O)c2cc(=O)cc(C)o2)n1. The molecule has 0 aromatic carbocycles. The van der Waals surface area contributed by atoms with E-state index in [1.807, 2.05) is 13.0 Å². The highest BCUT2D eigenvalue weighted by Crippen LogP contribution is 2.08. The van der Waals surface area contributed by atoms with E-state index >= 15 is 0 Å². The highest BCUT2D eigenvalue weighted by Gasteiger charge is 2.09. The predicted molar refractivity (Wildman–Crippen MR) is 95.9 cm³/mol. The quantitative estimate of drug-likeness (QED) is 0.713. The highest BCUT2D eigenvalue weighted by molar-refractivity contribution is 5.91. The number of rotatable bonds is 8. The maximum absolute atomic E-state index is 12.0. The van der Waals surface area contributed by atoms with Gasteiger partial charge in [0.15, 0.2) is 11.2 Å². The van der Waals surface area contributed by atoms with Crippen LogP contribution >= 0.6 is 0 Å². The molecule has 0 aliphatic carbocycles. The molecule has 0 saturated carbocycles. The Balaban J connectivity index is 1.85. The summed E-state index contributed by atoms with van der Waals surface area (Å²) in [4.78, 5) is 32.3. The van der Waals surface area contributed by atoms with Crippen molar-refractivity contribution in [1.29, 1.82) is 0 Å². The number of aromatic nitrogens is 2. The van der Waals surface area contributed by atoms with Crippen LogP contribution in [0.25, 0.3) is 0 Å². The summed E-state index contributed by atoms with van der Waals surface area (Å²) in [6.45, 7) is 6.58. The van der Waals surface area contributed by atoms with Gasteiger partial charge in [0.05, 0.1) is 0 Å². The number of hydrogen-bond acceptors (Lipinski definition) is 6. The molecule has 0 unspecified atom stereocenters. The molecule has 1 amide bonds. The average Bonchev–Trinajstić information content (AvgIpc) is 2.55. The number of hydrogen-bond donors (Lipinski definition) is 2. The van der Waals surface area contributed by atoms with E-state index in [0.717, 1.165) is 36.6 Å². The molecule has 2 rings (SSSR count). The monoisotopic (exact) mass is 344 g/mol. The van der Waals surface area contributed by atoms with Gasteiger partial charge in [0.25, 0.3) is 5.91 Å². The summed E-state index contributed by atoms with van der Waals surface area (Å²) in [6.07, 6.45) is 3.01. The molecular weight excluding hydrogens is 320 g/mol. The van der Waals surface area contributed by atoms with E-state index in [-0.39, 0.29) is 11.2 Å². The fourth-order valence-electron chi connectivity index (χ4n) is 2.34. The fraction of sp³-hybridized carbons (Fsp3) is 0.444. The summed E-state index contributed by atoms with van der Waals surface area (Å²) in [5, 5.41) is 5.88. The lowest BCUT2D eigenvalue weighted by Crippen LogP contribution is -2.29. The number of anilines is 1. The Kier molecular flexibility index (Phi) is 6.68. The highest BCUT2D eigenvalue weighted by atomic mass is 16.3. The minimum atomic E-state index is -0.412. The van der Waals surface area contributed by atoms with Gasteiger partial charge in [-0.2, -0.15) is 0 Å². The van der Waals surface area contributed by atoms with Gasteiger partial charge in [-0.05, 0) is 20.3 Å². The van der Waals surface area contributed by atoms with E-state index in [9.17, 15) is 9.59 Å². The topological polar surface area (TPSA) is 97.1 Å². The van der Waals surface area contributed by atoms with Gasteiger partial charge < -0.3 is 15.1 Å². The molecule has 0 fully saturated rings. The molecule has 0 atom stereocenters. The molecule has 0 aliphatic heterocycles. The van der Waals surface area contributed by atoms with E-state index in [0.29, 0.717) is 18.8 Å². The van der Waals surface area contributed by atoms with Crippen molar-refractivity contribution >= 4 is 11.7 Å². The minimum Gasteiger partial charge on any atom is -0.456 e. The number of carbonyl (C=O) groups is 1. The van der Waals surface area contributed by atoms with E-state index in [1.54, 1.807) is 6.92 Å². The molecule has 2 N–H and O–H groups in total. The lowest BCUT2D eigenvalue weighted by Gasteiger charge is -2.09. The second kappa shape index (κ2) is 8.96. The van der Waals surface area contributed by atoms with Crippen molar-refractivity contribution in [1.82, 2.24) is 15.3 Å². The Morgan fingerprint density at radius 3 is 2.68 bits per heavy atom. The first kappa shape index (κ1) is 18.6. The first-order valence-electron chi connectivity index (χ1n) is 8.46. The van der Waals surface area contributed by atoms with Crippen molar-refractivity contribution in [3.63, 3.8) is 0 Å². The van der Waals surface area contributed by atoms with Gasteiger partial charge in [0, 0.05) is 43.4 Å². The van der Waals surface area contributed by atoms with Crippen LogP contribution in [0.15, 0.2) is 27.4 Å². The number of nitrogens with zero attached hydrogens (tertiary/aromatic N) is 2. The Morgan fingerprint density at radius 1 is 1.16 bits per heavy atom. The lowest BCUT2D eigenvalue weighted by atomic mass is 10.2. The average molecular weight is 344 g/mol. The van der Waals surface area contributed by atoms with Crippen LogP contribution in [-0.2, 0) is 6.42 Å². The van der Waals surface area contributed by atoms with Crippen LogP contribution in [-0.4, -0.2) is 29.0 Å². The van der Waals surface area contributed by atoms with Gasteiger partial charge in [-0.3, -0.25) is 9.59 Å². The minimum absolute atomic E-state index is 0.0183. The first-order chi connectivity index (χ1) is 12.0. The predicted octanol–water partition coefficient (Wildman–Crippen LogP) is 2.23. The molecular formula is C18H24N4O3. The molecule has 7 heteroatoms. The smallest absolute Gasteiger partial charge is 0.287 e. The summed E-state index contributed by atoms with van der Waals surface area (Å²) in [6, 6.07) is 4.40. The zero-order valence-corrected chi connectivity index (χ0v) is 14.9. The van der Waals surface area contributed by atoms with Crippen LogP contribution in [0.2, 0.25) is 0 Å². The Hall–Kier alpha value is -2.70. The number of amides is 1. The summed E-state index contributed by atoms with van der Waals surface area (Å²) in [5.74, 6) is 1.59. The van der Waals surface area contributed by atoms with Crippen molar-refractivity contribution in [3.8, 4) is 0 Å². The van der Waals surface area contributed by atoms with Crippen molar-refractivity contribution < 1.29 is 9.21 Å².